The van der Waals surface area contributed by atoms with Crippen LogP contribution in [0.15, 0.2) is 35.5 Å². The van der Waals surface area contributed by atoms with Crippen molar-refractivity contribution in [1.29, 1.82) is 0 Å². The Morgan fingerprint density at radius 3 is 1.64 bits per heavy atom. The maximum Gasteiger partial charge on any atom is 4.00 e. The number of rotatable bonds is 2. The Hall–Kier alpha value is -0.157. The average Bonchev–Trinajstić information content (AvgIpc) is 2.60. The van der Waals surface area contributed by atoms with Crippen LogP contribution in [0.5, 0.6) is 0 Å². The Kier molecular flexibility index (Phi) is 9.51. The third kappa shape index (κ3) is 4.37. The van der Waals surface area contributed by atoms with Crippen LogP contribution in [0.4, 0.5) is 0 Å². The molecule has 1 heteroatoms. The average molecular weight is 263 g/mol. The van der Waals surface area contributed by atoms with E-state index >= 15 is 0 Å². The predicted octanol–water partition coefficient (Wildman–Crippen LogP) is 3.65. The van der Waals surface area contributed by atoms with Crippen LogP contribution in [-0.4, -0.2) is 0 Å². The van der Waals surface area contributed by atoms with Crippen LogP contribution in [0.25, 0.3) is 0 Å². The molecule has 2 aliphatic carbocycles. The van der Waals surface area contributed by atoms with Gasteiger partial charge in [-0.05, 0) is 0 Å². The van der Waals surface area contributed by atoms with Crippen LogP contribution in [-0.2, 0) is 26.2 Å². The fourth-order valence-corrected chi connectivity index (χ4v) is 1.35. The molecule has 0 aliphatic heterocycles. The molecule has 0 saturated carbocycles. The van der Waals surface area contributed by atoms with Crippen molar-refractivity contribution in [2.75, 3.05) is 0 Å². The molecular weight excluding hydrogens is 247 g/mol. The number of hydrogen-bond acceptors (Lipinski definition) is 0. The van der Waals surface area contributed by atoms with Gasteiger partial charge in [0.1, 0.15) is 0 Å². The van der Waals surface area contributed by atoms with Crippen LogP contribution in [0.3, 0.4) is 0 Å². The molecule has 14 heavy (non-hydrogen) atoms. The van der Waals surface area contributed by atoms with E-state index in [1.54, 1.807) is 0 Å². The molecule has 0 heterocycles. The Morgan fingerprint density at radius 1 is 0.929 bits per heavy atom. The minimum absolute atomic E-state index is 0. The van der Waals surface area contributed by atoms with Crippen molar-refractivity contribution in [3.8, 4) is 0 Å². The van der Waals surface area contributed by atoms with Crippen molar-refractivity contribution < 1.29 is 26.2 Å². The van der Waals surface area contributed by atoms with E-state index in [0.717, 1.165) is 19.3 Å². The molecule has 0 N–H and O–H groups in total. The Morgan fingerprint density at radius 2 is 1.36 bits per heavy atom. The van der Waals surface area contributed by atoms with Crippen molar-refractivity contribution in [2.45, 2.75) is 19.3 Å². The molecule has 72 valence electrons. The van der Waals surface area contributed by atoms with E-state index in [1.165, 1.54) is 11.1 Å². The molecular formula is C13H16Zr. The minimum atomic E-state index is 0. The summed E-state index contributed by atoms with van der Waals surface area (Å²) in [7, 11) is 0. The van der Waals surface area contributed by atoms with Gasteiger partial charge < -0.3 is 14.9 Å². The van der Waals surface area contributed by atoms with Gasteiger partial charge in [-0.1, -0.05) is 6.42 Å². The van der Waals surface area contributed by atoms with Crippen molar-refractivity contribution in [3.05, 3.63) is 62.5 Å². The molecule has 0 unspecified atom stereocenters. The summed E-state index contributed by atoms with van der Waals surface area (Å²) in [6.07, 6.45) is 18.2. The summed E-state index contributed by atoms with van der Waals surface area (Å²) < 4.78 is 0. The zero-order chi connectivity index (χ0) is 7.52. The number of hydrogen-bond donors (Lipinski definition) is 0. The Bertz CT molecular complexity index is 239. The predicted molar refractivity (Wildman–Crippen MR) is 58.5 cm³/mol. The first kappa shape index (κ1) is 16.3. The van der Waals surface area contributed by atoms with Crippen LogP contribution in [0.2, 0.25) is 0 Å². The van der Waals surface area contributed by atoms with Gasteiger partial charge in [-0.3, -0.25) is 12.2 Å². The van der Waals surface area contributed by atoms with Crippen molar-refractivity contribution >= 4 is 0 Å². The molecule has 0 atom stereocenters. The minimum Gasteiger partial charge on any atom is -0.358 e. The van der Waals surface area contributed by atoms with Gasteiger partial charge in [0, 0.05) is 0 Å². The first-order valence-corrected chi connectivity index (χ1v) is 3.97. The van der Waals surface area contributed by atoms with E-state index in [0.29, 0.717) is 0 Å². The summed E-state index contributed by atoms with van der Waals surface area (Å²) in [4.78, 5) is 0. The Labute approximate surface area is 108 Å². The molecule has 0 spiro atoms. The second-order valence-electron chi connectivity index (χ2n) is 2.79. The van der Waals surface area contributed by atoms with E-state index in [9.17, 15) is 0 Å². The normalized spacial score (nSPS) is 16.3. The van der Waals surface area contributed by atoms with E-state index in [-0.39, 0.29) is 41.1 Å². The molecule has 0 aromatic heterocycles. The number of allylic oxidation sites excluding steroid dienone is 8. The molecule has 0 amide bonds. The van der Waals surface area contributed by atoms with Crippen LogP contribution >= 0.6 is 0 Å². The standard InChI is InChI=1S/C11H10.2CH3.Zr/c1-2-6-10(5-1)9-11-7-3-4-8-11;;;/h1,3,5,7H,2,4,9H2;2*1H3;/q-2;2*-1;+4. The van der Waals surface area contributed by atoms with Gasteiger partial charge in [0.05, 0.1) is 0 Å². The van der Waals surface area contributed by atoms with E-state index < -0.39 is 0 Å². The van der Waals surface area contributed by atoms with Gasteiger partial charge in [0.2, 0.25) is 0 Å². The van der Waals surface area contributed by atoms with E-state index in [4.69, 9.17) is 0 Å². The first-order chi connectivity index (χ1) is 5.45. The fraction of sp³-hybridized carbons (Fsp3) is 0.231. The van der Waals surface area contributed by atoms with Gasteiger partial charge in [-0.2, -0.15) is 12.2 Å². The molecule has 0 bridgehead atoms. The summed E-state index contributed by atoms with van der Waals surface area (Å²) >= 11 is 0. The van der Waals surface area contributed by atoms with Crippen molar-refractivity contribution in [3.63, 3.8) is 0 Å². The van der Waals surface area contributed by atoms with Gasteiger partial charge >= 0.3 is 26.2 Å². The zero-order valence-corrected chi connectivity index (χ0v) is 11.4. The van der Waals surface area contributed by atoms with Crippen molar-refractivity contribution in [2.24, 2.45) is 0 Å². The van der Waals surface area contributed by atoms with Gasteiger partial charge in [-0.25, -0.2) is 23.3 Å². The smallest absolute Gasteiger partial charge is 0.358 e. The van der Waals surface area contributed by atoms with Crippen molar-refractivity contribution in [1.82, 2.24) is 0 Å². The molecule has 0 nitrogen and oxygen atoms in total. The monoisotopic (exact) mass is 262 g/mol. The summed E-state index contributed by atoms with van der Waals surface area (Å²) in [6, 6.07) is 0. The molecule has 0 fully saturated rings. The molecule has 2 rings (SSSR count). The summed E-state index contributed by atoms with van der Waals surface area (Å²) in [5.74, 6) is 0. The maximum absolute atomic E-state index is 3.29. The van der Waals surface area contributed by atoms with E-state index in [2.05, 4.69) is 36.5 Å². The fourth-order valence-electron chi connectivity index (χ4n) is 1.35. The zero-order valence-electron chi connectivity index (χ0n) is 8.93. The SMILES string of the molecule is [C-]1=C(CC2=[C-]CC=C2)C=CC1.[CH3-].[CH3-].[Zr+4]. The molecule has 0 aromatic carbocycles. The van der Waals surface area contributed by atoms with E-state index in [1.807, 2.05) is 0 Å². The van der Waals surface area contributed by atoms with Crippen LogP contribution < -0.4 is 0 Å². The molecule has 0 radical (unpaired) electrons. The molecule has 0 aromatic rings. The quantitative estimate of drug-likeness (QED) is 0.667. The second-order valence-corrected chi connectivity index (χ2v) is 2.79. The molecule has 0 saturated heterocycles. The summed E-state index contributed by atoms with van der Waals surface area (Å²) in [5.41, 5.74) is 2.64. The third-order valence-electron chi connectivity index (χ3n) is 1.91. The Balaban J connectivity index is 0. The summed E-state index contributed by atoms with van der Waals surface area (Å²) in [6.45, 7) is 0. The maximum atomic E-state index is 3.29. The first-order valence-electron chi connectivity index (χ1n) is 3.97. The largest absolute Gasteiger partial charge is 4.00 e. The third-order valence-corrected chi connectivity index (χ3v) is 1.91. The van der Waals surface area contributed by atoms with Gasteiger partial charge in [0.25, 0.3) is 0 Å². The molecule has 2 aliphatic rings. The van der Waals surface area contributed by atoms with Gasteiger partial charge in [0.15, 0.2) is 0 Å². The second kappa shape index (κ2) is 8.18. The topological polar surface area (TPSA) is 0 Å². The summed E-state index contributed by atoms with van der Waals surface area (Å²) in [5, 5.41) is 0. The van der Waals surface area contributed by atoms with Gasteiger partial charge in [-0.15, -0.1) is 12.8 Å². The van der Waals surface area contributed by atoms with Crippen LogP contribution in [0, 0.1) is 27.0 Å². The van der Waals surface area contributed by atoms with Crippen LogP contribution in [0.1, 0.15) is 19.3 Å².